The van der Waals surface area contributed by atoms with E-state index >= 15 is 0 Å². The van der Waals surface area contributed by atoms with Crippen molar-refractivity contribution in [3.63, 3.8) is 0 Å². The van der Waals surface area contributed by atoms with E-state index in [1.54, 1.807) is 0 Å². The lowest BCUT2D eigenvalue weighted by molar-refractivity contribution is -0.142. The molecule has 0 bridgehead atoms. The lowest BCUT2D eigenvalue weighted by Gasteiger charge is -2.45. The Morgan fingerprint density at radius 3 is 3.15 bits per heavy atom. The molecule has 140 valence electrons. The zero-order valence-electron chi connectivity index (χ0n) is 15.8. The van der Waals surface area contributed by atoms with Crippen LogP contribution in [0.3, 0.4) is 0 Å². The molecule has 5 nitrogen and oxygen atoms in total. The summed E-state index contributed by atoms with van der Waals surface area (Å²) in [6, 6.07) is 7.30. The van der Waals surface area contributed by atoms with Crippen molar-refractivity contribution in [1.29, 1.82) is 0 Å². The van der Waals surface area contributed by atoms with Gasteiger partial charge in [0, 0.05) is 35.6 Å². The predicted octanol–water partition coefficient (Wildman–Crippen LogP) is 2.67. The van der Waals surface area contributed by atoms with E-state index in [0.29, 0.717) is 31.0 Å². The lowest BCUT2D eigenvalue weighted by Crippen LogP contribution is -2.48. The molecule has 2 N–H and O–H groups in total. The minimum absolute atomic E-state index is 0.160. The standard InChI is InChI=1S/C21H29N3O2/c1-3-26-20(25)12-22-8-7-14-9-17-16-5-4-6-18-21(16)15(11-23-18)10-19(17)24(2)13-14/h4-6,11,14,17,19,22-23H,3,7-10,12-13H2,1-2H3/t14-,17?,19-/m1/s1. The number of aromatic amines is 1. The van der Waals surface area contributed by atoms with Crippen molar-refractivity contribution >= 4 is 16.9 Å². The number of rotatable bonds is 6. The van der Waals surface area contributed by atoms with E-state index in [9.17, 15) is 4.79 Å². The van der Waals surface area contributed by atoms with Gasteiger partial charge in [-0.1, -0.05) is 12.1 Å². The molecule has 2 aliphatic rings. The van der Waals surface area contributed by atoms with Gasteiger partial charge in [0.25, 0.3) is 0 Å². The first-order chi connectivity index (χ1) is 12.7. The summed E-state index contributed by atoms with van der Waals surface area (Å²) in [7, 11) is 2.27. The van der Waals surface area contributed by atoms with Gasteiger partial charge in [-0.05, 0) is 62.9 Å². The van der Waals surface area contributed by atoms with Gasteiger partial charge in [0.05, 0.1) is 13.2 Å². The predicted molar refractivity (Wildman–Crippen MR) is 103 cm³/mol. The molecular formula is C21H29N3O2. The number of carbonyl (C=O) groups excluding carboxylic acids is 1. The Morgan fingerprint density at radius 1 is 1.42 bits per heavy atom. The molecule has 3 atom stereocenters. The van der Waals surface area contributed by atoms with Gasteiger partial charge in [-0.2, -0.15) is 0 Å². The first-order valence-electron chi connectivity index (χ1n) is 9.82. The summed E-state index contributed by atoms with van der Waals surface area (Å²) in [6.45, 7) is 4.61. The Kier molecular flexibility index (Phi) is 5.00. The molecule has 0 radical (unpaired) electrons. The van der Waals surface area contributed by atoms with Gasteiger partial charge < -0.3 is 19.9 Å². The van der Waals surface area contributed by atoms with Gasteiger partial charge in [0.2, 0.25) is 0 Å². The highest BCUT2D eigenvalue weighted by atomic mass is 16.5. The van der Waals surface area contributed by atoms with Crippen molar-refractivity contribution in [3.8, 4) is 0 Å². The minimum atomic E-state index is -0.160. The number of hydrogen-bond acceptors (Lipinski definition) is 4. The van der Waals surface area contributed by atoms with E-state index < -0.39 is 0 Å². The van der Waals surface area contributed by atoms with E-state index in [0.717, 1.165) is 25.9 Å². The molecule has 2 heterocycles. The number of likely N-dealkylation sites (tertiary alicyclic amines) is 1. The van der Waals surface area contributed by atoms with Crippen LogP contribution >= 0.6 is 0 Å². The van der Waals surface area contributed by atoms with Gasteiger partial charge in [-0.15, -0.1) is 0 Å². The number of ether oxygens (including phenoxy) is 1. The second kappa shape index (κ2) is 7.41. The number of esters is 1. The largest absolute Gasteiger partial charge is 0.465 e. The van der Waals surface area contributed by atoms with Crippen LogP contribution in [0, 0.1) is 5.92 Å². The Balaban J connectivity index is 1.42. The lowest BCUT2D eigenvalue weighted by atomic mass is 9.72. The molecular weight excluding hydrogens is 326 g/mol. The van der Waals surface area contributed by atoms with Crippen LogP contribution in [0.15, 0.2) is 24.4 Å². The van der Waals surface area contributed by atoms with Crippen LogP contribution in [-0.2, 0) is 16.0 Å². The molecule has 0 saturated carbocycles. The summed E-state index contributed by atoms with van der Waals surface area (Å²) in [6.07, 6.45) is 5.68. The van der Waals surface area contributed by atoms with Gasteiger partial charge in [0.15, 0.2) is 0 Å². The zero-order chi connectivity index (χ0) is 18.1. The third-order valence-corrected chi connectivity index (χ3v) is 6.12. The van der Waals surface area contributed by atoms with Gasteiger partial charge in [-0.25, -0.2) is 0 Å². The number of piperidine rings is 1. The number of benzene rings is 1. The molecule has 0 amide bonds. The summed E-state index contributed by atoms with van der Waals surface area (Å²) in [4.78, 5) is 17.4. The van der Waals surface area contributed by atoms with Crippen molar-refractivity contribution < 1.29 is 9.53 Å². The number of H-pyrrole nitrogens is 1. The second-order valence-electron chi connectivity index (χ2n) is 7.77. The molecule has 1 aliphatic heterocycles. The molecule has 26 heavy (non-hydrogen) atoms. The van der Waals surface area contributed by atoms with E-state index in [-0.39, 0.29) is 5.97 Å². The second-order valence-corrected chi connectivity index (χ2v) is 7.77. The van der Waals surface area contributed by atoms with Crippen LogP contribution in [0.2, 0.25) is 0 Å². The maximum atomic E-state index is 11.4. The fourth-order valence-electron chi connectivity index (χ4n) is 4.97. The first kappa shape index (κ1) is 17.6. The molecule has 1 aliphatic carbocycles. The number of likely N-dealkylation sites (N-methyl/N-ethyl adjacent to an activating group) is 1. The molecule has 2 aromatic rings. The Bertz CT molecular complexity index is 785. The number of carbonyl (C=O) groups is 1. The Morgan fingerprint density at radius 2 is 2.31 bits per heavy atom. The first-order valence-corrected chi connectivity index (χ1v) is 9.82. The average molecular weight is 355 g/mol. The maximum absolute atomic E-state index is 11.4. The number of fused-ring (bicyclic) bond motifs is 2. The van der Waals surface area contributed by atoms with Crippen LogP contribution in [0.25, 0.3) is 10.9 Å². The molecule has 1 unspecified atom stereocenters. The molecule has 1 fully saturated rings. The normalized spacial score (nSPS) is 25.2. The third kappa shape index (κ3) is 3.26. The molecule has 1 aromatic carbocycles. The van der Waals surface area contributed by atoms with Crippen LogP contribution in [0.5, 0.6) is 0 Å². The number of nitrogens with one attached hydrogen (secondary N) is 2. The quantitative estimate of drug-likeness (QED) is 0.618. The van der Waals surface area contributed by atoms with Gasteiger partial charge in [0.1, 0.15) is 0 Å². The highest BCUT2D eigenvalue weighted by Crippen LogP contribution is 2.44. The molecule has 4 rings (SSSR count). The van der Waals surface area contributed by atoms with Crippen molar-refractivity contribution in [2.45, 2.75) is 38.1 Å². The monoisotopic (exact) mass is 355 g/mol. The van der Waals surface area contributed by atoms with Crippen molar-refractivity contribution in [1.82, 2.24) is 15.2 Å². The molecule has 0 spiro atoms. The Hall–Kier alpha value is -1.85. The number of aromatic nitrogens is 1. The van der Waals surface area contributed by atoms with E-state index in [4.69, 9.17) is 4.74 Å². The highest BCUT2D eigenvalue weighted by molar-refractivity contribution is 5.88. The summed E-state index contributed by atoms with van der Waals surface area (Å²) in [5, 5.41) is 4.70. The fraction of sp³-hybridized carbons (Fsp3) is 0.571. The van der Waals surface area contributed by atoms with Crippen LogP contribution in [0.1, 0.15) is 36.8 Å². The van der Waals surface area contributed by atoms with Crippen molar-refractivity contribution in [2.75, 3.05) is 33.3 Å². The molecule has 1 aromatic heterocycles. The third-order valence-electron chi connectivity index (χ3n) is 6.12. The van der Waals surface area contributed by atoms with Crippen LogP contribution in [-0.4, -0.2) is 55.2 Å². The SMILES string of the molecule is CCOC(=O)CNCC[C@@H]1CC2c3cccc4[nH]cc(c34)C[C@H]2N(C)C1. The minimum Gasteiger partial charge on any atom is -0.465 e. The highest BCUT2D eigenvalue weighted by Gasteiger charge is 2.39. The van der Waals surface area contributed by atoms with Crippen molar-refractivity contribution in [2.24, 2.45) is 5.92 Å². The molecule has 1 saturated heterocycles. The summed E-state index contributed by atoms with van der Waals surface area (Å²) >= 11 is 0. The molecule has 5 heteroatoms. The Labute approximate surface area is 155 Å². The zero-order valence-corrected chi connectivity index (χ0v) is 15.8. The summed E-state index contributed by atoms with van der Waals surface area (Å²) in [5.74, 6) is 1.11. The smallest absolute Gasteiger partial charge is 0.319 e. The maximum Gasteiger partial charge on any atom is 0.319 e. The fourth-order valence-corrected chi connectivity index (χ4v) is 4.97. The average Bonchev–Trinajstić information content (AvgIpc) is 3.05. The topological polar surface area (TPSA) is 57.4 Å². The van der Waals surface area contributed by atoms with E-state index in [1.807, 2.05) is 6.92 Å². The van der Waals surface area contributed by atoms with Gasteiger partial charge in [-0.3, -0.25) is 4.79 Å². The number of nitrogens with zero attached hydrogens (tertiary/aromatic N) is 1. The van der Waals surface area contributed by atoms with Gasteiger partial charge >= 0.3 is 5.97 Å². The van der Waals surface area contributed by atoms with Crippen LogP contribution < -0.4 is 5.32 Å². The summed E-state index contributed by atoms with van der Waals surface area (Å²) < 4.78 is 4.97. The van der Waals surface area contributed by atoms with E-state index in [1.165, 1.54) is 28.5 Å². The van der Waals surface area contributed by atoms with Crippen molar-refractivity contribution in [3.05, 3.63) is 35.5 Å². The summed E-state index contributed by atoms with van der Waals surface area (Å²) in [5.41, 5.74) is 4.26. The van der Waals surface area contributed by atoms with E-state index in [2.05, 4.69) is 46.6 Å². The number of hydrogen-bond donors (Lipinski definition) is 2. The van der Waals surface area contributed by atoms with Crippen LogP contribution in [0.4, 0.5) is 0 Å².